The van der Waals surface area contributed by atoms with E-state index in [2.05, 4.69) is 42.7 Å². The molecule has 0 spiro atoms. The van der Waals surface area contributed by atoms with Gasteiger partial charge in [-0.1, -0.05) is 58.6 Å². The Kier molecular flexibility index (Phi) is 7.76. The van der Waals surface area contributed by atoms with Gasteiger partial charge in [0.15, 0.2) is 0 Å². The molecule has 1 heterocycles. The van der Waals surface area contributed by atoms with E-state index in [4.69, 9.17) is 0 Å². The molecule has 110 valence electrons. The van der Waals surface area contributed by atoms with E-state index in [9.17, 15) is 0 Å². The molecule has 0 aliphatic rings. The molecule has 19 heavy (non-hydrogen) atoms. The summed E-state index contributed by atoms with van der Waals surface area (Å²) in [6.45, 7) is 10.1. The van der Waals surface area contributed by atoms with E-state index in [-0.39, 0.29) is 0 Å². The molecule has 0 aliphatic carbocycles. The number of aromatic nitrogens is 3. The van der Waals surface area contributed by atoms with Crippen molar-refractivity contribution in [3.05, 3.63) is 11.9 Å². The molecular formula is C16H31N3. The summed E-state index contributed by atoms with van der Waals surface area (Å²) in [6, 6.07) is 0. The summed E-state index contributed by atoms with van der Waals surface area (Å²) >= 11 is 0. The van der Waals surface area contributed by atoms with E-state index in [1.165, 1.54) is 44.2 Å². The van der Waals surface area contributed by atoms with Crippen LogP contribution in [0.25, 0.3) is 0 Å². The molecule has 3 nitrogen and oxygen atoms in total. The van der Waals surface area contributed by atoms with E-state index >= 15 is 0 Å². The fraction of sp³-hybridized carbons (Fsp3) is 0.875. The van der Waals surface area contributed by atoms with Crippen molar-refractivity contribution >= 4 is 0 Å². The largest absolute Gasteiger partial charge is 0.249 e. The molecule has 0 unspecified atom stereocenters. The summed E-state index contributed by atoms with van der Waals surface area (Å²) in [4.78, 5) is 0. The Balaban J connectivity index is 2.17. The van der Waals surface area contributed by atoms with Crippen LogP contribution in [0.1, 0.15) is 71.9 Å². The van der Waals surface area contributed by atoms with Crippen LogP contribution in [0.5, 0.6) is 0 Å². The fourth-order valence-electron chi connectivity index (χ4n) is 2.25. The Hall–Kier alpha value is -0.860. The minimum atomic E-state index is 0.730. The van der Waals surface area contributed by atoms with Gasteiger partial charge in [-0.2, -0.15) is 0 Å². The predicted molar refractivity (Wildman–Crippen MR) is 81.1 cm³/mol. The summed E-state index contributed by atoms with van der Waals surface area (Å²) in [6.07, 6.45) is 11.0. The lowest BCUT2D eigenvalue weighted by Gasteiger charge is -2.08. The molecule has 1 aromatic heterocycles. The van der Waals surface area contributed by atoms with Gasteiger partial charge in [0.05, 0.1) is 11.9 Å². The van der Waals surface area contributed by atoms with Crippen LogP contribution in [0.3, 0.4) is 0 Å². The third-order valence-electron chi connectivity index (χ3n) is 3.58. The van der Waals surface area contributed by atoms with Crippen molar-refractivity contribution in [3.63, 3.8) is 0 Å². The van der Waals surface area contributed by atoms with Crippen molar-refractivity contribution in [2.75, 3.05) is 0 Å². The van der Waals surface area contributed by atoms with Crippen LogP contribution in [0, 0.1) is 11.8 Å². The molecule has 0 radical (unpaired) electrons. The highest BCUT2D eigenvalue weighted by Gasteiger charge is 2.04. The quantitative estimate of drug-likeness (QED) is 0.584. The normalized spacial score (nSPS) is 11.7. The fourth-order valence-corrected chi connectivity index (χ4v) is 2.25. The Morgan fingerprint density at radius 3 is 2.32 bits per heavy atom. The average molecular weight is 265 g/mol. The highest BCUT2D eigenvalue weighted by molar-refractivity contribution is 4.93. The Morgan fingerprint density at radius 2 is 1.63 bits per heavy atom. The first-order valence-corrected chi connectivity index (χ1v) is 7.97. The first-order chi connectivity index (χ1) is 9.09. The number of nitrogens with zero attached hydrogens (tertiary/aromatic N) is 3. The molecule has 0 saturated carbocycles. The zero-order valence-electron chi connectivity index (χ0n) is 13.2. The minimum absolute atomic E-state index is 0.730. The van der Waals surface area contributed by atoms with Crippen LogP contribution < -0.4 is 0 Å². The highest BCUT2D eigenvalue weighted by atomic mass is 15.4. The van der Waals surface area contributed by atoms with Gasteiger partial charge in [0.25, 0.3) is 0 Å². The maximum Gasteiger partial charge on any atom is 0.0725 e. The molecule has 0 amide bonds. The summed E-state index contributed by atoms with van der Waals surface area (Å²) in [7, 11) is 0. The zero-order valence-corrected chi connectivity index (χ0v) is 13.2. The monoisotopic (exact) mass is 265 g/mol. The van der Waals surface area contributed by atoms with E-state index in [0.717, 1.165) is 24.8 Å². The number of hydrogen-bond acceptors (Lipinski definition) is 2. The standard InChI is InChI=1S/C16H31N3/c1-14(2)9-7-5-6-8-10-16-13-17-18-19(16)12-11-15(3)4/h13-15H,5-12H2,1-4H3. The van der Waals surface area contributed by atoms with E-state index in [1.54, 1.807) is 0 Å². The van der Waals surface area contributed by atoms with Gasteiger partial charge in [-0.3, -0.25) is 0 Å². The van der Waals surface area contributed by atoms with Crippen LogP contribution in [0.2, 0.25) is 0 Å². The summed E-state index contributed by atoms with van der Waals surface area (Å²) in [5.74, 6) is 1.58. The van der Waals surface area contributed by atoms with E-state index in [1.807, 2.05) is 6.20 Å². The van der Waals surface area contributed by atoms with Gasteiger partial charge in [0, 0.05) is 6.54 Å². The molecule has 0 atom stereocenters. The van der Waals surface area contributed by atoms with Crippen molar-refractivity contribution in [2.24, 2.45) is 11.8 Å². The van der Waals surface area contributed by atoms with Crippen LogP contribution in [0.15, 0.2) is 6.20 Å². The smallest absolute Gasteiger partial charge is 0.0725 e. The van der Waals surface area contributed by atoms with Gasteiger partial charge in [-0.15, -0.1) is 5.10 Å². The van der Waals surface area contributed by atoms with Gasteiger partial charge in [-0.05, 0) is 31.1 Å². The van der Waals surface area contributed by atoms with Crippen LogP contribution in [0.4, 0.5) is 0 Å². The third-order valence-corrected chi connectivity index (χ3v) is 3.58. The molecule has 0 aliphatic heterocycles. The van der Waals surface area contributed by atoms with Crippen molar-refractivity contribution in [3.8, 4) is 0 Å². The van der Waals surface area contributed by atoms with Gasteiger partial charge < -0.3 is 0 Å². The van der Waals surface area contributed by atoms with Crippen molar-refractivity contribution in [2.45, 2.75) is 79.2 Å². The first kappa shape index (κ1) is 16.2. The van der Waals surface area contributed by atoms with Crippen LogP contribution in [-0.4, -0.2) is 15.0 Å². The molecule has 0 N–H and O–H groups in total. The van der Waals surface area contributed by atoms with Crippen molar-refractivity contribution in [1.82, 2.24) is 15.0 Å². The highest BCUT2D eigenvalue weighted by Crippen LogP contribution is 2.12. The van der Waals surface area contributed by atoms with Crippen molar-refractivity contribution < 1.29 is 0 Å². The topological polar surface area (TPSA) is 30.7 Å². The van der Waals surface area contributed by atoms with Gasteiger partial charge in [0.2, 0.25) is 0 Å². The molecular weight excluding hydrogens is 234 g/mol. The van der Waals surface area contributed by atoms with E-state index < -0.39 is 0 Å². The molecule has 0 aromatic carbocycles. The van der Waals surface area contributed by atoms with E-state index in [0.29, 0.717) is 0 Å². The lowest BCUT2D eigenvalue weighted by molar-refractivity contribution is 0.462. The maximum absolute atomic E-state index is 4.19. The third kappa shape index (κ3) is 7.34. The van der Waals surface area contributed by atoms with Crippen LogP contribution in [-0.2, 0) is 13.0 Å². The molecule has 0 saturated heterocycles. The second-order valence-electron chi connectivity index (χ2n) is 6.48. The molecule has 1 aromatic rings. The SMILES string of the molecule is CC(C)CCCCCCc1cnnn1CCC(C)C. The van der Waals surface area contributed by atoms with Gasteiger partial charge >= 0.3 is 0 Å². The van der Waals surface area contributed by atoms with Crippen molar-refractivity contribution in [1.29, 1.82) is 0 Å². The Morgan fingerprint density at radius 1 is 0.947 bits per heavy atom. The lowest BCUT2D eigenvalue weighted by Crippen LogP contribution is -2.07. The van der Waals surface area contributed by atoms with Crippen LogP contribution >= 0.6 is 0 Å². The Bertz CT molecular complexity index is 328. The summed E-state index contributed by atoms with van der Waals surface area (Å²) in [5, 5.41) is 8.24. The maximum atomic E-state index is 4.19. The first-order valence-electron chi connectivity index (χ1n) is 7.97. The molecule has 0 bridgehead atoms. The molecule has 3 heteroatoms. The number of aryl methyl sites for hydroxylation is 2. The second-order valence-corrected chi connectivity index (χ2v) is 6.48. The predicted octanol–water partition coefficient (Wildman–Crippen LogP) is 4.47. The lowest BCUT2D eigenvalue weighted by atomic mass is 10.0. The summed E-state index contributed by atoms with van der Waals surface area (Å²) in [5.41, 5.74) is 1.31. The summed E-state index contributed by atoms with van der Waals surface area (Å²) < 4.78 is 2.09. The minimum Gasteiger partial charge on any atom is -0.249 e. The number of rotatable bonds is 10. The molecule has 0 fully saturated rings. The average Bonchev–Trinajstić information content (AvgIpc) is 2.78. The van der Waals surface area contributed by atoms with Gasteiger partial charge in [-0.25, -0.2) is 4.68 Å². The zero-order chi connectivity index (χ0) is 14.1. The number of unbranched alkanes of at least 4 members (excludes halogenated alkanes) is 3. The second kappa shape index (κ2) is 9.11. The Labute approximate surface area is 118 Å². The van der Waals surface area contributed by atoms with Gasteiger partial charge in [0.1, 0.15) is 0 Å². The molecule has 1 rings (SSSR count). The number of hydrogen-bond donors (Lipinski definition) is 0.